The molecule has 1 unspecified atom stereocenters. The average molecular weight is 201 g/mol. The first-order chi connectivity index (χ1) is 6.49. The summed E-state index contributed by atoms with van der Waals surface area (Å²) in [5.74, 6) is -1.08. The molecule has 0 aromatic heterocycles. The van der Waals surface area contributed by atoms with Crippen LogP contribution in [-0.2, 0) is 9.59 Å². The van der Waals surface area contributed by atoms with Crippen LogP contribution in [0.4, 0.5) is 0 Å². The first-order valence-corrected chi connectivity index (χ1v) is 4.98. The average Bonchev–Trinajstić information content (AvgIpc) is 2.10. The zero-order valence-electron chi connectivity index (χ0n) is 9.04. The van der Waals surface area contributed by atoms with Crippen LogP contribution in [0, 0.1) is 11.8 Å². The van der Waals surface area contributed by atoms with Gasteiger partial charge in [-0.25, -0.2) is 0 Å². The maximum absolute atomic E-state index is 10.9. The molecule has 0 aromatic carbocycles. The first-order valence-electron chi connectivity index (χ1n) is 4.98. The lowest BCUT2D eigenvalue weighted by Gasteiger charge is -2.15. The van der Waals surface area contributed by atoms with Gasteiger partial charge in [-0.05, 0) is 12.3 Å². The SMILES string of the molecule is CCC(=O)NCCC(C(=O)O)C(C)C. The minimum atomic E-state index is -0.786. The van der Waals surface area contributed by atoms with Gasteiger partial charge in [-0.15, -0.1) is 0 Å². The Bertz CT molecular complexity index is 202. The molecule has 0 aromatic rings. The molecule has 0 aliphatic rings. The third kappa shape index (κ3) is 4.84. The van der Waals surface area contributed by atoms with Gasteiger partial charge >= 0.3 is 5.97 Å². The Labute approximate surface area is 84.7 Å². The molecule has 82 valence electrons. The second-order valence-corrected chi connectivity index (χ2v) is 3.68. The van der Waals surface area contributed by atoms with Crippen molar-refractivity contribution in [1.82, 2.24) is 5.32 Å². The highest BCUT2D eigenvalue weighted by Crippen LogP contribution is 2.14. The normalized spacial score (nSPS) is 12.6. The highest BCUT2D eigenvalue weighted by Gasteiger charge is 2.20. The molecule has 0 rings (SSSR count). The van der Waals surface area contributed by atoms with Crippen LogP contribution in [0.2, 0.25) is 0 Å². The summed E-state index contributed by atoms with van der Waals surface area (Å²) in [6.07, 6.45) is 0.943. The minimum absolute atomic E-state index is 0.0297. The molecule has 4 nitrogen and oxygen atoms in total. The van der Waals surface area contributed by atoms with E-state index in [1.54, 1.807) is 6.92 Å². The van der Waals surface area contributed by atoms with Crippen molar-refractivity contribution >= 4 is 11.9 Å². The van der Waals surface area contributed by atoms with E-state index < -0.39 is 5.97 Å². The van der Waals surface area contributed by atoms with Crippen LogP contribution in [0.25, 0.3) is 0 Å². The molecule has 0 saturated carbocycles. The summed E-state index contributed by atoms with van der Waals surface area (Å²) in [6, 6.07) is 0. The van der Waals surface area contributed by atoms with Crippen LogP contribution < -0.4 is 5.32 Å². The van der Waals surface area contributed by atoms with Crippen molar-refractivity contribution in [3.63, 3.8) is 0 Å². The highest BCUT2D eigenvalue weighted by atomic mass is 16.4. The predicted molar refractivity (Wildman–Crippen MR) is 53.9 cm³/mol. The summed E-state index contributed by atoms with van der Waals surface area (Å²) in [5, 5.41) is 11.5. The Balaban J connectivity index is 3.84. The molecule has 0 bridgehead atoms. The van der Waals surface area contributed by atoms with Gasteiger partial charge < -0.3 is 10.4 Å². The van der Waals surface area contributed by atoms with Crippen LogP contribution in [0.15, 0.2) is 0 Å². The van der Waals surface area contributed by atoms with Crippen LogP contribution in [-0.4, -0.2) is 23.5 Å². The summed E-state index contributed by atoms with van der Waals surface area (Å²) < 4.78 is 0. The van der Waals surface area contributed by atoms with Crippen molar-refractivity contribution in [2.75, 3.05) is 6.54 Å². The van der Waals surface area contributed by atoms with Crippen molar-refractivity contribution in [2.45, 2.75) is 33.6 Å². The molecule has 1 atom stereocenters. The molecule has 0 spiro atoms. The standard InChI is InChI=1S/C10H19NO3/c1-4-9(12)11-6-5-8(7(2)3)10(13)14/h7-8H,4-6H2,1-3H3,(H,11,12)(H,13,14). The first kappa shape index (κ1) is 12.9. The summed E-state index contributed by atoms with van der Waals surface area (Å²) in [4.78, 5) is 21.6. The molecule has 0 aliphatic heterocycles. The van der Waals surface area contributed by atoms with E-state index in [1.807, 2.05) is 13.8 Å². The minimum Gasteiger partial charge on any atom is -0.481 e. The molecule has 0 fully saturated rings. The van der Waals surface area contributed by atoms with Crippen LogP contribution in [0.5, 0.6) is 0 Å². The van der Waals surface area contributed by atoms with Crippen LogP contribution in [0.3, 0.4) is 0 Å². The van der Waals surface area contributed by atoms with Gasteiger partial charge in [0, 0.05) is 13.0 Å². The largest absolute Gasteiger partial charge is 0.481 e. The fourth-order valence-corrected chi connectivity index (χ4v) is 1.23. The Morgan fingerprint density at radius 2 is 1.93 bits per heavy atom. The third-order valence-corrected chi connectivity index (χ3v) is 2.22. The van der Waals surface area contributed by atoms with E-state index >= 15 is 0 Å². The summed E-state index contributed by atoms with van der Waals surface area (Å²) >= 11 is 0. The molecule has 0 saturated heterocycles. The second kappa shape index (κ2) is 6.40. The topological polar surface area (TPSA) is 66.4 Å². The van der Waals surface area contributed by atoms with E-state index in [4.69, 9.17) is 5.11 Å². The molecule has 14 heavy (non-hydrogen) atoms. The number of carboxylic acids is 1. The molecular formula is C10H19NO3. The third-order valence-electron chi connectivity index (χ3n) is 2.22. The van der Waals surface area contributed by atoms with Gasteiger partial charge in [0.1, 0.15) is 0 Å². The number of carboxylic acid groups (broad SMARTS) is 1. The number of hydrogen-bond acceptors (Lipinski definition) is 2. The lowest BCUT2D eigenvalue weighted by Crippen LogP contribution is -2.29. The van der Waals surface area contributed by atoms with E-state index in [0.29, 0.717) is 19.4 Å². The number of amides is 1. The van der Waals surface area contributed by atoms with E-state index in [1.165, 1.54) is 0 Å². The number of hydrogen-bond donors (Lipinski definition) is 2. The summed E-state index contributed by atoms with van der Waals surface area (Å²) in [5.41, 5.74) is 0. The van der Waals surface area contributed by atoms with Gasteiger partial charge in [-0.2, -0.15) is 0 Å². The van der Waals surface area contributed by atoms with Crippen LogP contribution >= 0.6 is 0 Å². The maximum Gasteiger partial charge on any atom is 0.306 e. The number of carbonyl (C=O) groups excluding carboxylic acids is 1. The number of carbonyl (C=O) groups is 2. The van der Waals surface area contributed by atoms with Crippen molar-refractivity contribution in [2.24, 2.45) is 11.8 Å². The molecule has 1 amide bonds. The Hall–Kier alpha value is -1.06. The van der Waals surface area contributed by atoms with Gasteiger partial charge in [0.15, 0.2) is 0 Å². The molecular weight excluding hydrogens is 182 g/mol. The van der Waals surface area contributed by atoms with E-state index in [0.717, 1.165) is 0 Å². The molecule has 0 radical (unpaired) electrons. The van der Waals surface area contributed by atoms with E-state index in [9.17, 15) is 9.59 Å². The molecule has 0 aliphatic carbocycles. The van der Waals surface area contributed by atoms with Crippen LogP contribution in [0.1, 0.15) is 33.6 Å². The summed E-state index contributed by atoms with van der Waals surface area (Å²) in [6.45, 7) is 5.97. The quantitative estimate of drug-likeness (QED) is 0.680. The Morgan fingerprint density at radius 1 is 1.36 bits per heavy atom. The van der Waals surface area contributed by atoms with Gasteiger partial charge in [0.25, 0.3) is 0 Å². The van der Waals surface area contributed by atoms with Gasteiger partial charge in [-0.3, -0.25) is 9.59 Å². The zero-order valence-corrected chi connectivity index (χ0v) is 9.04. The van der Waals surface area contributed by atoms with Crippen molar-refractivity contribution in [3.8, 4) is 0 Å². The number of aliphatic carboxylic acids is 1. The molecule has 4 heteroatoms. The van der Waals surface area contributed by atoms with Crippen molar-refractivity contribution in [1.29, 1.82) is 0 Å². The van der Waals surface area contributed by atoms with Crippen molar-refractivity contribution in [3.05, 3.63) is 0 Å². The molecule has 2 N–H and O–H groups in total. The van der Waals surface area contributed by atoms with E-state index in [-0.39, 0.29) is 17.7 Å². The van der Waals surface area contributed by atoms with Gasteiger partial charge in [0.05, 0.1) is 5.92 Å². The zero-order chi connectivity index (χ0) is 11.1. The second-order valence-electron chi connectivity index (χ2n) is 3.68. The summed E-state index contributed by atoms with van der Waals surface area (Å²) in [7, 11) is 0. The molecule has 0 heterocycles. The lowest BCUT2D eigenvalue weighted by molar-refractivity contribution is -0.143. The fraction of sp³-hybridized carbons (Fsp3) is 0.800. The Kier molecular flexibility index (Phi) is 5.92. The maximum atomic E-state index is 10.9. The predicted octanol–water partition coefficient (Wildman–Crippen LogP) is 1.26. The number of nitrogens with one attached hydrogen (secondary N) is 1. The lowest BCUT2D eigenvalue weighted by atomic mass is 9.93. The monoisotopic (exact) mass is 201 g/mol. The van der Waals surface area contributed by atoms with Gasteiger partial charge in [-0.1, -0.05) is 20.8 Å². The van der Waals surface area contributed by atoms with E-state index in [2.05, 4.69) is 5.32 Å². The Morgan fingerprint density at radius 3 is 2.29 bits per heavy atom. The van der Waals surface area contributed by atoms with Crippen molar-refractivity contribution < 1.29 is 14.7 Å². The number of rotatable bonds is 6. The smallest absolute Gasteiger partial charge is 0.306 e. The highest BCUT2D eigenvalue weighted by molar-refractivity contribution is 5.75. The fourth-order valence-electron chi connectivity index (χ4n) is 1.23. The van der Waals surface area contributed by atoms with Gasteiger partial charge in [0.2, 0.25) is 5.91 Å².